The van der Waals surface area contributed by atoms with Gasteiger partial charge in [0.25, 0.3) is 0 Å². The van der Waals surface area contributed by atoms with E-state index < -0.39 is 12.1 Å². The van der Waals surface area contributed by atoms with E-state index in [-0.39, 0.29) is 24.8 Å². The quantitative estimate of drug-likeness (QED) is 0.0780. The van der Waals surface area contributed by atoms with Gasteiger partial charge in [0, 0.05) is 12.0 Å². The van der Waals surface area contributed by atoms with Crippen molar-refractivity contribution in [2.24, 2.45) is 0 Å². The largest absolute Gasteiger partial charge is 0.462 e. The van der Waals surface area contributed by atoms with E-state index in [4.69, 9.17) is 9.47 Å². The van der Waals surface area contributed by atoms with Gasteiger partial charge >= 0.3 is 11.9 Å². The van der Waals surface area contributed by atoms with Gasteiger partial charge in [0.15, 0.2) is 12.4 Å². The van der Waals surface area contributed by atoms with E-state index in [1.165, 1.54) is 70.6 Å². The van der Waals surface area contributed by atoms with Gasteiger partial charge in [-0.3, -0.25) is 14.4 Å². The van der Waals surface area contributed by atoms with Crippen LogP contribution in [-0.2, 0) is 19.1 Å². The number of ketones is 1. The van der Waals surface area contributed by atoms with E-state index in [0.29, 0.717) is 18.4 Å². The van der Waals surface area contributed by atoms with Gasteiger partial charge in [-0.2, -0.15) is 0 Å². The fourth-order valence-corrected chi connectivity index (χ4v) is 4.45. The molecule has 0 heterocycles. The van der Waals surface area contributed by atoms with Crippen LogP contribution in [0.15, 0.2) is 30.3 Å². The molecular formula is C32H52O5. The number of benzene rings is 1. The Bertz CT molecular complexity index is 715. The number of rotatable bonds is 24. The van der Waals surface area contributed by atoms with Gasteiger partial charge in [-0.15, -0.1) is 0 Å². The molecule has 1 aromatic rings. The van der Waals surface area contributed by atoms with Crippen LogP contribution in [0.5, 0.6) is 0 Å². The Balaban J connectivity index is 2.39. The highest BCUT2D eigenvalue weighted by atomic mass is 16.6. The number of Topliss-reactive ketones (excluding diaryl/α,β-unsaturated/α-hetero) is 1. The second kappa shape index (κ2) is 23.0. The number of carbonyl (C=O) groups excluding carboxylic acids is 3. The standard InChI is InChI=1S/C32H52O5/c1-3-5-7-9-11-12-14-15-20-24-29(37-31(34)25-21-16-13-10-8-6-4-2)26-32(35)36-27-30(33)28-22-18-17-19-23-28/h17-19,22-23,29H,3-16,20-21,24-27H2,1-2H3/t29-/m1/s1. The maximum Gasteiger partial charge on any atom is 0.310 e. The maximum absolute atomic E-state index is 12.5. The first-order valence-electron chi connectivity index (χ1n) is 15.0. The van der Waals surface area contributed by atoms with Crippen LogP contribution in [0.2, 0.25) is 0 Å². The number of ether oxygens (including phenoxy) is 2. The molecule has 37 heavy (non-hydrogen) atoms. The Morgan fingerprint density at radius 2 is 1.16 bits per heavy atom. The van der Waals surface area contributed by atoms with Crippen molar-refractivity contribution in [1.82, 2.24) is 0 Å². The zero-order chi connectivity index (χ0) is 27.0. The molecule has 0 unspecified atom stereocenters. The second-order valence-corrected chi connectivity index (χ2v) is 10.3. The summed E-state index contributed by atoms with van der Waals surface area (Å²) >= 11 is 0. The number of esters is 2. The van der Waals surface area contributed by atoms with Crippen LogP contribution in [-0.4, -0.2) is 30.4 Å². The van der Waals surface area contributed by atoms with Gasteiger partial charge in [-0.05, 0) is 19.3 Å². The fraction of sp³-hybridized carbons (Fsp3) is 0.719. The molecule has 0 aliphatic rings. The van der Waals surface area contributed by atoms with Crippen molar-refractivity contribution in [1.29, 1.82) is 0 Å². The van der Waals surface area contributed by atoms with Crippen LogP contribution >= 0.6 is 0 Å². The SMILES string of the molecule is CCCCCCCCCCC[C@H](CC(=O)OCC(=O)c1ccccc1)OC(=O)CCCCCCCCC. The molecule has 0 N–H and O–H groups in total. The van der Waals surface area contributed by atoms with Crippen molar-refractivity contribution in [3.63, 3.8) is 0 Å². The molecule has 0 bridgehead atoms. The number of unbranched alkanes of at least 4 members (excludes halogenated alkanes) is 14. The molecule has 5 nitrogen and oxygen atoms in total. The van der Waals surface area contributed by atoms with Gasteiger partial charge in [0.05, 0.1) is 6.42 Å². The topological polar surface area (TPSA) is 69.7 Å². The van der Waals surface area contributed by atoms with Gasteiger partial charge in [0.1, 0.15) is 6.10 Å². The lowest BCUT2D eigenvalue weighted by Gasteiger charge is -2.17. The van der Waals surface area contributed by atoms with Crippen LogP contribution in [0.25, 0.3) is 0 Å². The summed E-state index contributed by atoms with van der Waals surface area (Å²) in [5.41, 5.74) is 0.516. The minimum atomic E-state index is -0.492. The molecule has 0 fully saturated rings. The van der Waals surface area contributed by atoms with Crippen LogP contribution < -0.4 is 0 Å². The highest BCUT2D eigenvalue weighted by Gasteiger charge is 2.20. The maximum atomic E-state index is 12.5. The van der Waals surface area contributed by atoms with E-state index in [0.717, 1.165) is 32.1 Å². The molecule has 1 aromatic carbocycles. The molecule has 1 rings (SSSR count). The molecule has 0 spiro atoms. The average Bonchev–Trinajstić information content (AvgIpc) is 2.90. The van der Waals surface area contributed by atoms with Crippen molar-refractivity contribution in [2.45, 2.75) is 142 Å². The molecule has 0 aromatic heterocycles. The normalized spacial score (nSPS) is 11.7. The highest BCUT2D eigenvalue weighted by molar-refractivity contribution is 5.97. The summed E-state index contributed by atoms with van der Waals surface area (Å²) in [6, 6.07) is 8.80. The summed E-state index contributed by atoms with van der Waals surface area (Å²) in [5, 5.41) is 0. The molecule has 0 saturated heterocycles. The Morgan fingerprint density at radius 1 is 0.649 bits per heavy atom. The summed E-state index contributed by atoms with van der Waals surface area (Å²) in [4.78, 5) is 37.1. The first kappa shape index (κ1) is 32.9. The Labute approximate surface area is 226 Å². The third-order valence-electron chi connectivity index (χ3n) is 6.77. The van der Waals surface area contributed by atoms with Crippen molar-refractivity contribution in [3.05, 3.63) is 35.9 Å². The number of hydrogen-bond acceptors (Lipinski definition) is 5. The summed E-state index contributed by atoms with van der Waals surface area (Å²) in [5.74, 6) is -0.961. The van der Waals surface area contributed by atoms with Crippen molar-refractivity contribution in [2.75, 3.05) is 6.61 Å². The molecule has 1 atom stereocenters. The summed E-state index contributed by atoms with van der Waals surface area (Å²) in [7, 11) is 0. The molecule has 0 amide bonds. The molecule has 210 valence electrons. The molecule has 0 aliphatic heterocycles. The number of carbonyl (C=O) groups is 3. The zero-order valence-corrected chi connectivity index (χ0v) is 23.6. The van der Waals surface area contributed by atoms with Gasteiger partial charge in [-0.1, -0.05) is 134 Å². The first-order chi connectivity index (χ1) is 18.1. The summed E-state index contributed by atoms with van der Waals surface area (Å²) in [6.07, 6.45) is 19.4. The molecule has 5 heteroatoms. The molecule has 0 aliphatic carbocycles. The molecular weight excluding hydrogens is 464 g/mol. The van der Waals surface area contributed by atoms with Crippen LogP contribution in [0.4, 0.5) is 0 Å². The predicted octanol–water partition coefficient (Wildman–Crippen LogP) is 8.78. The van der Waals surface area contributed by atoms with Gasteiger partial charge in [-0.25, -0.2) is 0 Å². The molecule has 0 radical (unpaired) electrons. The van der Waals surface area contributed by atoms with E-state index >= 15 is 0 Å². The van der Waals surface area contributed by atoms with Crippen molar-refractivity contribution < 1.29 is 23.9 Å². The lowest BCUT2D eigenvalue weighted by atomic mass is 10.0. The van der Waals surface area contributed by atoms with Gasteiger partial charge < -0.3 is 9.47 Å². The van der Waals surface area contributed by atoms with Crippen molar-refractivity contribution in [3.8, 4) is 0 Å². The third kappa shape index (κ3) is 18.7. The second-order valence-electron chi connectivity index (χ2n) is 10.3. The highest BCUT2D eigenvalue weighted by Crippen LogP contribution is 2.16. The zero-order valence-electron chi connectivity index (χ0n) is 23.6. The predicted molar refractivity (Wildman–Crippen MR) is 151 cm³/mol. The summed E-state index contributed by atoms with van der Waals surface area (Å²) in [6.45, 7) is 4.15. The lowest BCUT2D eigenvalue weighted by Crippen LogP contribution is -2.24. The van der Waals surface area contributed by atoms with E-state index in [2.05, 4.69) is 13.8 Å². The van der Waals surface area contributed by atoms with E-state index in [9.17, 15) is 14.4 Å². The Hall–Kier alpha value is -2.17. The minimum absolute atomic E-state index is 0.00183. The van der Waals surface area contributed by atoms with Gasteiger partial charge in [0.2, 0.25) is 0 Å². The average molecular weight is 517 g/mol. The Morgan fingerprint density at radius 3 is 1.73 bits per heavy atom. The number of hydrogen-bond donors (Lipinski definition) is 0. The summed E-state index contributed by atoms with van der Waals surface area (Å²) < 4.78 is 10.9. The monoisotopic (exact) mass is 516 g/mol. The first-order valence-corrected chi connectivity index (χ1v) is 15.0. The van der Waals surface area contributed by atoms with E-state index in [1.807, 2.05) is 6.07 Å². The molecule has 0 saturated carbocycles. The van der Waals surface area contributed by atoms with Crippen molar-refractivity contribution >= 4 is 17.7 Å². The van der Waals surface area contributed by atoms with Crippen LogP contribution in [0.1, 0.15) is 146 Å². The van der Waals surface area contributed by atoms with E-state index in [1.54, 1.807) is 24.3 Å². The Kier molecular flexibility index (Phi) is 20.4. The van der Waals surface area contributed by atoms with Crippen LogP contribution in [0.3, 0.4) is 0 Å². The fourth-order valence-electron chi connectivity index (χ4n) is 4.45. The van der Waals surface area contributed by atoms with Crippen LogP contribution in [0, 0.1) is 0 Å². The lowest BCUT2D eigenvalue weighted by molar-refractivity contribution is -0.155. The minimum Gasteiger partial charge on any atom is -0.462 e. The third-order valence-corrected chi connectivity index (χ3v) is 6.77. The smallest absolute Gasteiger partial charge is 0.310 e.